The molecule has 0 spiro atoms. The molecule has 5 heteroatoms. The van der Waals surface area contributed by atoms with E-state index in [2.05, 4.69) is 0 Å². The molecule has 0 saturated carbocycles. The van der Waals surface area contributed by atoms with Gasteiger partial charge < -0.3 is 14.2 Å². The van der Waals surface area contributed by atoms with E-state index in [0.717, 1.165) is 12.8 Å². The molecule has 1 aliphatic rings. The molecule has 5 nitrogen and oxygen atoms in total. The smallest absolute Gasteiger partial charge is 0.305 e. The van der Waals surface area contributed by atoms with Gasteiger partial charge in [-0.3, -0.25) is 9.59 Å². The Labute approximate surface area is 82.3 Å². The lowest BCUT2D eigenvalue weighted by Gasteiger charge is -2.21. The summed E-state index contributed by atoms with van der Waals surface area (Å²) in [6.07, 6.45) is 0.421. The van der Waals surface area contributed by atoms with Crippen LogP contribution >= 0.6 is 0 Å². The van der Waals surface area contributed by atoms with Crippen molar-refractivity contribution in [2.24, 2.45) is 0 Å². The first kappa shape index (κ1) is 11.0. The van der Waals surface area contributed by atoms with Crippen LogP contribution in [0.4, 0.5) is 0 Å². The predicted octanol–water partition coefficient (Wildman–Crippen LogP) is 0.618. The number of carbonyl (C=O) groups excluding carboxylic acids is 2. The van der Waals surface area contributed by atoms with Gasteiger partial charge in [-0.1, -0.05) is 0 Å². The Morgan fingerprint density at radius 1 is 1.29 bits per heavy atom. The van der Waals surface area contributed by atoms with Crippen LogP contribution in [-0.4, -0.2) is 30.9 Å². The molecule has 1 aliphatic heterocycles. The Morgan fingerprint density at radius 3 is 2.21 bits per heavy atom. The van der Waals surface area contributed by atoms with Crippen LogP contribution in [0.5, 0.6) is 0 Å². The number of rotatable bonds is 3. The quantitative estimate of drug-likeness (QED) is 0.496. The summed E-state index contributed by atoms with van der Waals surface area (Å²) in [6, 6.07) is 0. The fraction of sp³-hybridized carbons (Fsp3) is 0.778. The molecule has 80 valence electrons. The molecule has 0 aromatic carbocycles. The van der Waals surface area contributed by atoms with Crippen LogP contribution in [0.25, 0.3) is 0 Å². The van der Waals surface area contributed by atoms with Gasteiger partial charge in [0, 0.05) is 20.5 Å². The third-order valence-corrected chi connectivity index (χ3v) is 1.83. The van der Waals surface area contributed by atoms with Crippen molar-refractivity contribution in [3.05, 3.63) is 0 Å². The third kappa shape index (κ3) is 3.33. The standard InChI is InChI=1S/C9H14O5/c1-6(10)13-9(14-7(2)11)8-4-3-5-12-8/h8-9H,3-5H2,1-2H3. The van der Waals surface area contributed by atoms with Gasteiger partial charge in [-0.05, 0) is 12.8 Å². The van der Waals surface area contributed by atoms with Gasteiger partial charge in [-0.2, -0.15) is 0 Å². The maximum absolute atomic E-state index is 10.7. The van der Waals surface area contributed by atoms with Gasteiger partial charge in [0.1, 0.15) is 6.10 Å². The highest BCUT2D eigenvalue weighted by Gasteiger charge is 2.30. The minimum Gasteiger partial charge on any atom is -0.422 e. The molecular weight excluding hydrogens is 188 g/mol. The molecule has 0 aromatic rings. The van der Waals surface area contributed by atoms with E-state index < -0.39 is 18.2 Å². The normalized spacial score (nSPS) is 20.9. The zero-order chi connectivity index (χ0) is 10.6. The first-order valence-electron chi connectivity index (χ1n) is 4.55. The minimum absolute atomic E-state index is 0.317. The molecule has 1 atom stereocenters. The summed E-state index contributed by atoms with van der Waals surface area (Å²) in [6.45, 7) is 3.15. The molecule has 0 bridgehead atoms. The van der Waals surface area contributed by atoms with Gasteiger partial charge in [0.15, 0.2) is 0 Å². The van der Waals surface area contributed by atoms with E-state index in [9.17, 15) is 9.59 Å². The molecule has 0 aromatic heterocycles. The molecule has 0 radical (unpaired) electrons. The molecular formula is C9H14O5. The van der Waals surface area contributed by atoms with Gasteiger partial charge >= 0.3 is 11.9 Å². The highest BCUT2D eigenvalue weighted by Crippen LogP contribution is 2.19. The summed E-state index contributed by atoms with van der Waals surface area (Å²) in [7, 11) is 0. The fourth-order valence-corrected chi connectivity index (χ4v) is 1.32. The highest BCUT2D eigenvalue weighted by atomic mass is 16.7. The first-order chi connectivity index (χ1) is 6.59. The molecule has 1 heterocycles. The molecule has 0 N–H and O–H groups in total. The van der Waals surface area contributed by atoms with Crippen LogP contribution in [0.15, 0.2) is 0 Å². The van der Waals surface area contributed by atoms with Crippen molar-refractivity contribution in [3.8, 4) is 0 Å². The van der Waals surface area contributed by atoms with Gasteiger partial charge in [-0.15, -0.1) is 0 Å². The summed E-state index contributed by atoms with van der Waals surface area (Å²) in [4.78, 5) is 21.4. The number of hydrogen-bond donors (Lipinski definition) is 0. The van der Waals surface area contributed by atoms with Crippen LogP contribution in [-0.2, 0) is 23.8 Å². The fourth-order valence-electron chi connectivity index (χ4n) is 1.32. The molecule has 14 heavy (non-hydrogen) atoms. The van der Waals surface area contributed by atoms with E-state index in [1.807, 2.05) is 0 Å². The van der Waals surface area contributed by atoms with E-state index in [1.165, 1.54) is 13.8 Å². The van der Waals surface area contributed by atoms with Gasteiger partial charge in [0.25, 0.3) is 6.29 Å². The van der Waals surface area contributed by atoms with Crippen molar-refractivity contribution in [1.82, 2.24) is 0 Å². The average molecular weight is 202 g/mol. The van der Waals surface area contributed by atoms with Crippen molar-refractivity contribution < 1.29 is 23.8 Å². The van der Waals surface area contributed by atoms with Crippen molar-refractivity contribution >= 4 is 11.9 Å². The number of hydrogen-bond acceptors (Lipinski definition) is 5. The Hall–Kier alpha value is -1.10. The summed E-state index contributed by atoms with van der Waals surface area (Å²) >= 11 is 0. The van der Waals surface area contributed by atoms with Gasteiger partial charge in [0.05, 0.1) is 0 Å². The lowest BCUT2D eigenvalue weighted by atomic mass is 10.2. The van der Waals surface area contributed by atoms with E-state index in [4.69, 9.17) is 14.2 Å². The summed E-state index contributed by atoms with van der Waals surface area (Å²) < 4.78 is 14.9. The number of ether oxygens (including phenoxy) is 3. The number of esters is 2. The third-order valence-electron chi connectivity index (χ3n) is 1.83. The Morgan fingerprint density at radius 2 is 1.86 bits per heavy atom. The predicted molar refractivity (Wildman–Crippen MR) is 46.3 cm³/mol. The molecule has 1 unspecified atom stereocenters. The Kier molecular flexibility index (Phi) is 3.88. The van der Waals surface area contributed by atoms with Crippen molar-refractivity contribution in [2.75, 3.05) is 6.61 Å². The zero-order valence-electron chi connectivity index (χ0n) is 8.32. The van der Waals surface area contributed by atoms with E-state index in [-0.39, 0.29) is 6.10 Å². The van der Waals surface area contributed by atoms with Crippen molar-refractivity contribution in [1.29, 1.82) is 0 Å². The summed E-state index contributed by atoms with van der Waals surface area (Å²) in [5, 5.41) is 0. The molecule has 1 fully saturated rings. The largest absolute Gasteiger partial charge is 0.422 e. The average Bonchev–Trinajstić information content (AvgIpc) is 2.52. The number of carbonyl (C=O) groups is 2. The first-order valence-corrected chi connectivity index (χ1v) is 4.55. The van der Waals surface area contributed by atoms with Gasteiger partial charge in [0.2, 0.25) is 0 Å². The van der Waals surface area contributed by atoms with Crippen LogP contribution in [0.1, 0.15) is 26.7 Å². The Bertz CT molecular complexity index is 203. The van der Waals surface area contributed by atoms with E-state index in [1.54, 1.807) is 0 Å². The SMILES string of the molecule is CC(=O)OC(OC(C)=O)C1CCCO1. The zero-order valence-corrected chi connectivity index (χ0v) is 8.32. The highest BCUT2D eigenvalue weighted by molar-refractivity contribution is 5.68. The lowest BCUT2D eigenvalue weighted by molar-refractivity contribution is -0.204. The topological polar surface area (TPSA) is 61.8 Å². The Balaban J connectivity index is 2.50. The van der Waals surface area contributed by atoms with Crippen LogP contribution in [0, 0.1) is 0 Å². The van der Waals surface area contributed by atoms with E-state index >= 15 is 0 Å². The second kappa shape index (κ2) is 4.95. The summed E-state index contributed by atoms with van der Waals surface area (Å²) in [5.41, 5.74) is 0. The maximum Gasteiger partial charge on any atom is 0.305 e. The van der Waals surface area contributed by atoms with Crippen LogP contribution in [0.3, 0.4) is 0 Å². The van der Waals surface area contributed by atoms with Crippen LogP contribution < -0.4 is 0 Å². The second-order valence-corrected chi connectivity index (χ2v) is 3.14. The van der Waals surface area contributed by atoms with Crippen LogP contribution in [0.2, 0.25) is 0 Å². The van der Waals surface area contributed by atoms with Crippen molar-refractivity contribution in [2.45, 2.75) is 39.1 Å². The maximum atomic E-state index is 10.7. The molecule has 0 aliphatic carbocycles. The monoisotopic (exact) mass is 202 g/mol. The van der Waals surface area contributed by atoms with Crippen molar-refractivity contribution in [3.63, 3.8) is 0 Å². The van der Waals surface area contributed by atoms with E-state index in [0.29, 0.717) is 6.61 Å². The molecule has 1 rings (SSSR count). The lowest BCUT2D eigenvalue weighted by Crippen LogP contribution is -2.34. The van der Waals surface area contributed by atoms with Gasteiger partial charge in [-0.25, -0.2) is 0 Å². The molecule has 1 saturated heterocycles. The molecule has 0 amide bonds. The minimum atomic E-state index is -0.896. The second-order valence-electron chi connectivity index (χ2n) is 3.14. The summed E-state index contributed by atoms with van der Waals surface area (Å²) in [5.74, 6) is -0.960.